The highest BCUT2D eigenvalue weighted by molar-refractivity contribution is 5.27. The van der Waals surface area contributed by atoms with Gasteiger partial charge in [0.2, 0.25) is 0 Å². The largest absolute Gasteiger partial charge is 0.0874 e. The van der Waals surface area contributed by atoms with Gasteiger partial charge in [0.25, 0.3) is 0 Å². The summed E-state index contributed by atoms with van der Waals surface area (Å²) in [6.07, 6.45) is 8.47. The molecule has 1 aliphatic carbocycles. The highest BCUT2D eigenvalue weighted by Crippen LogP contribution is 2.29. The van der Waals surface area contributed by atoms with Gasteiger partial charge in [-0.3, -0.25) is 0 Å². The summed E-state index contributed by atoms with van der Waals surface area (Å²) in [5, 5.41) is 0. The fourth-order valence-corrected chi connectivity index (χ4v) is 1.74. The van der Waals surface area contributed by atoms with Crippen LogP contribution in [0.4, 0.5) is 0 Å². The van der Waals surface area contributed by atoms with Gasteiger partial charge in [0.15, 0.2) is 0 Å². The molecule has 1 atom stereocenters. The summed E-state index contributed by atoms with van der Waals surface area (Å²) in [6, 6.07) is 0. The second-order valence-electron chi connectivity index (χ2n) is 3.50. The second kappa shape index (κ2) is 3.75. The van der Waals surface area contributed by atoms with E-state index in [-0.39, 0.29) is 0 Å². The molecule has 0 amide bonds. The van der Waals surface area contributed by atoms with Crippen LogP contribution in [0.25, 0.3) is 0 Å². The Hall–Kier alpha value is -0.520. The van der Waals surface area contributed by atoms with Crippen LogP contribution in [0.2, 0.25) is 0 Å². The molecule has 0 bridgehead atoms. The molecule has 0 N–H and O–H groups in total. The third kappa shape index (κ3) is 1.95. The maximum Gasteiger partial charge on any atom is -0.0228 e. The van der Waals surface area contributed by atoms with Crippen LogP contribution < -0.4 is 0 Å². The third-order valence-electron chi connectivity index (χ3n) is 2.70. The van der Waals surface area contributed by atoms with Gasteiger partial charge in [-0.2, -0.15) is 0 Å². The van der Waals surface area contributed by atoms with Crippen LogP contribution in [0.15, 0.2) is 23.3 Å². The molecular formula is C11H18. The molecule has 0 aromatic carbocycles. The van der Waals surface area contributed by atoms with Crippen LogP contribution in [0.3, 0.4) is 0 Å². The normalized spacial score (nSPS) is 26.6. The zero-order valence-electron chi connectivity index (χ0n) is 7.85. The topological polar surface area (TPSA) is 0 Å². The molecule has 0 spiro atoms. The molecule has 0 aromatic heterocycles. The van der Waals surface area contributed by atoms with Gasteiger partial charge in [-0.05, 0) is 44.6 Å². The minimum Gasteiger partial charge on any atom is -0.0874 e. The van der Waals surface area contributed by atoms with E-state index in [0.29, 0.717) is 0 Å². The number of rotatable bonds is 1. The molecule has 0 saturated heterocycles. The minimum atomic E-state index is 0.815. The Labute approximate surface area is 70.0 Å². The fraction of sp³-hybridized carbons (Fsp3) is 0.636. The van der Waals surface area contributed by atoms with Crippen molar-refractivity contribution in [2.45, 2.75) is 40.0 Å². The molecule has 0 aromatic rings. The van der Waals surface area contributed by atoms with Gasteiger partial charge in [0.1, 0.15) is 0 Å². The zero-order valence-corrected chi connectivity index (χ0v) is 7.85. The maximum absolute atomic E-state index is 2.33. The van der Waals surface area contributed by atoms with Gasteiger partial charge in [-0.1, -0.05) is 24.6 Å². The Bertz CT molecular complexity index is 184. The first kappa shape index (κ1) is 8.58. The summed E-state index contributed by atoms with van der Waals surface area (Å²) in [6.45, 7) is 6.71. The zero-order chi connectivity index (χ0) is 8.27. The van der Waals surface area contributed by atoms with Gasteiger partial charge in [-0.15, -0.1) is 0 Å². The molecule has 0 saturated carbocycles. The van der Waals surface area contributed by atoms with E-state index in [4.69, 9.17) is 0 Å². The fourth-order valence-electron chi connectivity index (χ4n) is 1.74. The van der Waals surface area contributed by atoms with E-state index in [1.165, 1.54) is 19.3 Å². The van der Waals surface area contributed by atoms with Crippen LogP contribution >= 0.6 is 0 Å². The van der Waals surface area contributed by atoms with Crippen molar-refractivity contribution in [3.63, 3.8) is 0 Å². The Morgan fingerprint density at radius 1 is 1.45 bits per heavy atom. The van der Waals surface area contributed by atoms with Crippen LogP contribution in [0, 0.1) is 5.92 Å². The van der Waals surface area contributed by atoms with Gasteiger partial charge in [0, 0.05) is 0 Å². The standard InChI is InChI=1S/C11H18/c1-4-6-11-8-5-7-9(2)10(11)3/h4,6,9H,5,7-8H2,1-3H3/b6-4-/t9-/m1/s1. The van der Waals surface area contributed by atoms with Crippen LogP contribution in [0.5, 0.6) is 0 Å². The molecule has 0 heteroatoms. The molecule has 1 aliphatic rings. The van der Waals surface area contributed by atoms with E-state index < -0.39 is 0 Å². The van der Waals surface area contributed by atoms with Crippen molar-refractivity contribution in [1.29, 1.82) is 0 Å². The average molecular weight is 150 g/mol. The summed E-state index contributed by atoms with van der Waals surface area (Å²) in [5.41, 5.74) is 3.18. The van der Waals surface area contributed by atoms with Crippen LogP contribution in [0.1, 0.15) is 40.0 Å². The lowest BCUT2D eigenvalue weighted by Gasteiger charge is -2.21. The lowest BCUT2D eigenvalue weighted by atomic mass is 9.85. The Balaban J connectivity index is 2.79. The molecule has 1 rings (SSSR count). The lowest BCUT2D eigenvalue weighted by Crippen LogP contribution is -2.05. The van der Waals surface area contributed by atoms with E-state index in [1.54, 1.807) is 11.1 Å². The molecule has 0 radical (unpaired) electrons. The number of hydrogen-bond acceptors (Lipinski definition) is 0. The second-order valence-corrected chi connectivity index (χ2v) is 3.50. The van der Waals surface area contributed by atoms with Gasteiger partial charge in [0.05, 0.1) is 0 Å². The summed E-state index contributed by atoms with van der Waals surface area (Å²) in [5.74, 6) is 0.815. The molecular weight excluding hydrogens is 132 g/mol. The van der Waals surface area contributed by atoms with Crippen LogP contribution in [-0.4, -0.2) is 0 Å². The van der Waals surface area contributed by atoms with E-state index in [0.717, 1.165) is 5.92 Å². The summed E-state index contributed by atoms with van der Waals surface area (Å²) in [4.78, 5) is 0. The molecule has 0 unspecified atom stereocenters. The Kier molecular flexibility index (Phi) is 2.92. The summed E-state index contributed by atoms with van der Waals surface area (Å²) >= 11 is 0. The molecule has 0 nitrogen and oxygen atoms in total. The van der Waals surface area contributed by atoms with Crippen molar-refractivity contribution in [2.24, 2.45) is 5.92 Å². The predicted molar refractivity (Wildman–Crippen MR) is 50.5 cm³/mol. The van der Waals surface area contributed by atoms with Gasteiger partial charge in [-0.25, -0.2) is 0 Å². The SMILES string of the molecule is C/C=C\C1=C(C)[C@H](C)CCC1. The molecule has 11 heavy (non-hydrogen) atoms. The highest BCUT2D eigenvalue weighted by Gasteiger charge is 2.13. The van der Waals surface area contributed by atoms with E-state index in [9.17, 15) is 0 Å². The van der Waals surface area contributed by atoms with Crippen molar-refractivity contribution in [1.82, 2.24) is 0 Å². The molecule has 62 valence electrons. The average Bonchev–Trinajstić information content (AvgIpc) is 1.99. The predicted octanol–water partition coefficient (Wildman–Crippen LogP) is 3.70. The van der Waals surface area contributed by atoms with Crippen molar-refractivity contribution in [3.8, 4) is 0 Å². The van der Waals surface area contributed by atoms with Crippen molar-refractivity contribution in [2.75, 3.05) is 0 Å². The number of allylic oxidation sites excluding steroid dienone is 4. The van der Waals surface area contributed by atoms with E-state index in [2.05, 4.69) is 32.9 Å². The van der Waals surface area contributed by atoms with Gasteiger partial charge >= 0.3 is 0 Å². The van der Waals surface area contributed by atoms with Crippen molar-refractivity contribution >= 4 is 0 Å². The highest BCUT2D eigenvalue weighted by atomic mass is 14.2. The quantitative estimate of drug-likeness (QED) is 0.534. The van der Waals surface area contributed by atoms with Crippen LogP contribution in [-0.2, 0) is 0 Å². The lowest BCUT2D eigenvalue weighted by molar-refractivity contribution is 0.541. The van der Waals surface area contributed by atoms with E-state index >= 15 is 0 Å². The number of hydrogen-bond donors (Lipinski definition) is 0. The van der Waals surface area contributed by atoms with Crippen molar-refractivity contribution in [3.05, 3.63) is 23.3 Å². The first-order valence-electron chi connectivity index (χ1n) is 4.58. The van der Waals surface area contributed by atoms with Crippen molar-refractivity contribution < 1.29 is 0 Å². The maximum atomic E-state index is 2.33. The molecule has 0 fully saturated rings. The smallest absolute Gasteiger partial charge is 0.0228 e. The molecule has 0 heterocycles. The molecule has 0 aliphatic heterocycles. The Morgan fingerprint density at radius 2 is 2.18 bits per heavy atom. The third-order valence-corrected chi connectivity index (χ3v) is 2.70. The van der Waals surface area contributed by atoms with E-state index in [1.807, 2.05) is 0 Å². The van der Waals surface area contributed by atoms with Gasteiger partial charge < -0.3 is 0 Å². The Morgan fingerprint density at radius 3 is 2.82 bits per heavy atom. The minimum absolute atomic E-state index is 0.815. The summed E-state index contributed by atoms with van der Waals surface area (Å²) in [7, 11) is 0. The summed E-state index contributed by atoms with van der Waals surface area (Å²) < 4.78 is 0. The first-order valence-corrected chi connectivity index (χ1v) is 4.58. The first-order chi connectivity index (χ1) is 5.25. The monoisotopic (exact) mass is 150 g/mol.